The lowest BCUT2D eigenvalue weighted by Gasteiger charge is -2.18. The molecule has 1 aliphatic rings. The molecule has 1 aliphatic carbocycles. The molecule has 1 amide bonds. The first-order chi connectivity index (χ1) is 8.69. The minimum atomic E-state index is -0.271. The van der Waals surface area contributed by atoms with E-state index in [2.05, 4.69) is 12.2 Å². The van der Waals surface area contributed by atoms with E-state index in [9.17, 15) is 4.79 Å². The van der Waals surface area contributed by atoms with Crippen molar-refractivity contribution < 1.29 is 4.79 Å². The molecule has 3 nitrogen and oxygen atoms in total. The highest BCUT2D eigenvalue weighted by molar-refractivity contribution is 5.91. The van der Waals surface area contributed by atoms with Gasteiger partial charge in [0.25, 0.3) is 0 Å². The Hall–Kier alpha value is -1.35. The number of amides is 1. The molecule has 1 fully saturated rings. The van der Waals surface area contributed by atoms with Crippen LogP contribution in [0.1, 0.15) is 38.2 Å². The van der Waals surface area contributed by atoms with Crippen LogP contribution in [0.15, 0.2) is 30.3 Å². The lowest BCUT2D eigenvalue weighted by atomic mass is 9.95. The fourth-order valence-corrected chi connectivity index (χ4v) is 2.39. The van der Waals surface area contributed by atoms with Gasteiger partial charge in [0, 0.05) is 12.6 Å². The number of carbonyl (C=O) groups excluding carboxylic acids is 1. The largest absolute Gasteiger partial charge is 0.354 e. The number of carbonyl (C=O) groups is 1. The van der Waals surface area contributed by atoms with Gasteiger partial charge in [0.1, 0.15) is 0 Å². The fourth-order valence-electron chi connectivity index (χ4n) is 2.39. The number of hydrogen-bond acceptors (Lipinski definition) is 2. The number of benzene rings is 1. The highest BCUT2D eigenvalue weighted by Crippen LogP contribution is 2.48. The zero-order valence-corrected chi connectivity index (χ0v) is 11.0. The van der Waals surface area contributed by atoms with Crippen LogP contribution in [0.5, 0.6) is 0 Å². The molecule has 0 radical (unpaired) electrons. The number of nitrogens with two attached hydrogens (primary N) is 1. The highest BCUT2D eigenvalue weighted by Gasteiger charge is 2.50. The molecular weight excluding hydrogens is 224 g/mol. The molecule has 2 rings (SSSR count). The predicted molar refractivity (Wildman–Crippen MR) is 73.2 cm³/mol. The summed E-state index contributed by atoms with van der Waals surface area (Å²) in [6.07, 6.45) is 3.91. The highest BCUT2D eigenvalue weighted by atomic mass is 16.2. The maximum atomic E-state index is 12.3. The molecule has 0 aromatic heterocycles. The summed E-state index contributed by atoms with van der Waals surface area (Å²) in [6.45, 7) is 2.69. The molecular formula is C15H22N2O. The van der Waals surface area contributed by atoms with Crippen molar-refractivity contribution >= 4 is 5.91 Å². The van der Waals surface area contributed by atoms with Crippen molar-refractivity contribution in [2.75, 3.05) is 6.54 Å². The van der Waals surface area contributed by atoms with Crippen LogP contribution in [0.25, 0.3) is 0 Å². The van der Waals surface area contributed by atoms with E-state index in [1.165, 1.54) is 0 Å². The van der Waals surface area contributed by atoms with Gasteiger partial charge in [-0.2, -0.15) is 0 Å². The molecule has 0 heterocycles. The van der Waals surface area contributed by atoms with Crippen molar-refractivity contribution in [1.82, 2.24) is 5.32 Å². The van der Waals surface area contributed by atoms with Crippen molar-refractivity contribution in [1.29, 1.82) is 0 Å². The van der Waals surface area contributed by atoms with Gasteiger partial charge in [0.05, 0.1) is 5.41 Å². The smallest absolute Gasteiger partial charge is 0.230 e. The molecule has 1 aromatic rings. The Kier molecular flexibility index (Phi) is 4.02. The molecule has 0 bridgehead atoms. The normalized spacial score (nSPS) is 18.1. The third-order valence-electron chi connectivity index (χ3n) is 3.70. The first kappa shape index (κ1) is 13.1. The third kappa shape index (κ3) is 2.72. The molecule has 0 spiro atoms. The number of hydrogen-bond donors (Lipinski definition) is 2. The standard InChI is InChI=1S/C15H22N2O/c1-2-6-13(16)11-17-14(18)15(9-10-15)12-7-4-3-5-8-12/h3-5,7-8,13H,2,6,9-11,16H2,1H3,(H,17,18). The molecule has 0 aliphatic heterocycles. The first-order valence-corrected chi connectivity index (χ1v) is 6.78. The van der Waals surface area contributed by atoms with Gasteiger partial charge >= 0.3 is 0 Å². The quantitative estimate of drug-likeness (QED) is 0.806. The molecule has 3 N–H and O–H groups in total. The van der Waals surface area contributed by atoms with Gasteiger partial charge in [0.2, 0.25) is 5.91 Å². The molecule has 3 heteroatoms. The van der Waals surface area contributed by atoms with Gasteiger partial charge in [-0.25, -0.2) is 0 Å². The summed E-state index contributed by atoms with van der Waals surface area (Å²) < 4.78 is 0. The second-order valence-corrected chi connectivity index (χ2v) is 5.21. The summed E-state index contributed by atoms with van der Waals surface area (Å²) in [5.74, 6) is 0.139. The molecule has 1 saturated carbocycles. The average Bonchev–Trinajstić information content (AvgIpc) is 3.19. The van der Waals surface area contributed by atoms with Crippen LogP contribution in [-0.4, -0.2) is 18.5 Å². The van der Waals surface area contributed by atoms with Crippen molar-refractivity contribution in [3.8, 4) is 0 Å². The van der Waals surface area contributed by atoms with Crippen molar-refractivity contribution in [3.05, 3.63) is 35.9 Å². The van der Waals surface area contributed by atoms with Crippen molar-refractivity contribution in [2.45, 2.75) is 44.1 Å². The Morgan fingerprint density at radius 2 is 2.06 bits per heavy atom. The summed E-state index contributed by atoms with van der Waals surface area (Å²) in [4.78, 5) is 12.3. The van der Waals surface area contributed by atoms with Gasteiger partial charge in [0.15, 0.2) is 0 Å². The summed E-state index contributed by atoms with van der Waals surface area (Å²) in [5.41, 5.74) is 6.78. The van der Waals surface area contributed by atoms with Crippen LogP contribution in [0.3, 0.4) is 0 Å². The van der Waals surface area contributed by atoms with E-state index < -0.39 is 0 Å². The predicted octanol–water partition coefficient (Wildman–Crippen LogP) is 1.96. The SMILES string of the molecule is CCCC(N)CNC(=O)C1(c2ccccc2)CC1. The van der Waals surface area contributed by atoms with Crippen LogP contribution in [-0.2, 0) is 10.2 Å². The van der Waals surface area contributed by atoms with Gasteiger partial charge in [-0.3, -0.25) is 4.79 Å². The van der Waals surface area contributed by atoms with Gasteiger partial charge in [-0.15, -0.1) is 0 Å². The van der Waals surface area contributed by atoms with Crippen molar-refractivity contribution in [3.63, 3.8) is 0 Å². The minimum absolute atomic E-state index is 0.0746. The molecule has 1 aromatic carbocycles. The zero-order valence-electron chi connectivity index (χ0n) is 11.0. The Labute approximate surface area is 109 Å². The summed E-state index contributed by atoms with van der Waals surface area (Å²) in [5, 5.41) is 3.00. The maximum absolute atomic E-state index is 12.3. The number of rotatable bonds is 6. The second kappa shape index (κ2) is 5.53. The average molecular weight is 246 g/mol. The zero-order chi connectivity index (χ0) is 13.0. The van der Waals surface area contributed by atoms with Crippen LogP contribution < -0.4 is 11.1 Å². The molecule has 18 heavy (non-hydrogen) atoms. The third-order valence-corrected chi connectivity index (χ3v) is 3.70. The Bertz CT molecular complexity index is 398. The first-order valence-electron chi connectivity index (χ1n) is 6.78. The summed E-state index contributed by atoms with van der Waals surface area (Å²) in [6, 6.07) is 10.1. The Balaban J connectivity index is 1.93. The Morgan fingerprint density at radius 3 is 2.61 bits per heavy atom. The molecule has 1 unspecified atom stereocenters. The van der Waals surface area contributed by atoms with E-state index in [1.54, 1.807) is 0 Å². The topological polar surface area (TPSA) is 55.1 Å². The lowest BCUT2D eigenvalue weighted by molar-refractivity contribution is -0.123. The van der Waals surface area contributed by atoms with E-state index in [0.29, 0.717) is 6.54 Å². The summed E-state index contributed by atoms with van der Waals surface area (Å²) >= 11 is 0. The summed E-state index contributed by atoms with van der Waals surface area (Å²) in [7, 11) is 0. The van der Waals surface area contributed by atoms with Crippen LogP contribution in [0.4, 0.5) is 0 Å². The second-order valence-electron chi connectivity index (χ2n) is 5.21. The molecule has 1 atom stereocenters. The van der Waals surface area contributed by atoms with Crippen LogP contribution >= 0.6 is 0 Å². The van der Waals surface area contributed by atoms with Gasteiger partial charge in [-0.05, 0) is 24.8 Å². The van der Waals surface area contributed by atoms with Gasteiger partial charge in [-0.1, -0.05) is 43.7 Å². The van der Waals surface area contributed by atoms with Gasteiger partial charge < -0.3 is 11.1 Å². The van der Waals surface area contributed by atoms with Crippen LogP contribution in [0.2, 0.25) is 0 Å². The lowest BCUT2D eigenvalue weighted by Crippen LogP contribution is -2.42. The van der Waals surface area contributed by atoms with Crippen molar-refractivity contribution in [2.24, 2.45) is 5.73 Å². The van der Waals surface area contributed by atoms with E-state index in [1.807, 2.05) is 30.3 Å². The fraction of sp³-hybridized carbons (Fsp3) is 0.533. The maximum Gasteiger partial charge on any atom is 0.230 e. The van der Waals surface area contributed by atoms with E-state index in [-0.39, 0.29) is 17.4 Å². The molecule has 98 valence electrons. The van der Waals surface area contributed by atoms with E-state index in [4.69, 9.17) is 5.73 Å². The minimum Gasteiger partial charge on any atom is -0.354 e. The van der Waals surface area contributed by atoms with Crippen LogP contribution in [0, 0.1) is 0 Å². The monoisotopic (exact) mass is 246 g/mol. The number of nitrogens with one attached hydrogen (secondary N) is 1. The van der Waals surface area contributed by atoms with E-state index in [0.717, 1.165) is 31.2 Å². The molecule has 0 saturated heterocycles. The Morgan fingerprint density at radius 1 is 1.39 bits per heavy atom. The van der Waals surface area contributed by atoms with E-state index >= 15 is 0 Å².